The molecule has 0 spiro atoms. The lowest BCUT2D eigenvalue weighted by atomic mass is 10.2. The molecule has 0 aliphatic rings. The molecule has 66 valence electrons. The quantitative estimate of drug-likeness (QED) is 0.424. The molecule has 0 saturated heterocycles. The Morgan fingerprint density at radius 3 is 2.67 bits per heavy atom. The van der Waals surface area contributed by atoms with E-state index in [1.165, 1.54) is 6.07 Å². The Morgan fingerprint density at radius 1 is 1.42 bits per heavy atom. The van der Waals surface area contributed by atoms with Gasteiger partial charge in [0.25, 0.3) is 0 Å². The van der Waals surface area contributed by atoms with Gasteiger partial charge in [0.1, 0.15) is 16.7 Å². The van der Waals surface area contributed by atoms with Crippen LogP contribution in [-0.4, -0.2) is 0 Å². The lowest BCUT2D eigenvalue weighted by molar-refractivity contribution is 0.564. The largest absolute Gasteiger partial charge is 0.271 e. The average molecular weight is 193 g/mol. The van der Waals surface area contributed by atoms with Gasteiger partial charge in [-0.2, -0.15) is 0 Å². The summed E-state index contributed by atoms with van der Waals surface area (Å²) in [6, 6.07) is 2.38. The lowest BCUT2D eigenvalue weighted by Crippen LogP contribution is -2.21. The molecule has 0 amide bonds. The first kappa shape index (κ1) is 9.38. The highest BCUT2D eigenvalue weighted by molar-refractivity contribution is 6.30. The van der Waals surface area contributed by atoms with Crippen LogP contribution in [0.25, 0.3) is 0 Å². The van der Waals surface area contributed by atoms with Crippen molar-refractivity contribution in [1.82, 2.24) is 5.43 Å². The molecule has 5 heteroatoms. The third-order valence-corrected chi connectivity index (χ3v) is 1.75. The molecule has 1 aromatic carbocycles. The Balaban J connectivity index is 3.08. The van der Waals surface area contributed by atoms with Crippen LogP contribution in [0.15, 0.2) is 12.1 Å². The Labute approximate surface area is 73.3 Å². The van der Waals surface area contributed by atoms with Gasteiger partial charge in [-0.25, -0.2) is 8.78 Å². The maximum atomic E-state index is 13.0. The Kier molecular flexibility index (Phi) is 2.97. The second kappa shape index (κ2) is 3.80. The number of hydrogen-bond donors (Lipinski definition) is 2. The molecule has 12 heavy (non-hydrogen) atoms. The molecule has 0 aliphatic heterocycles. The summed E-state index contributed by atoms with van der Waals surface area (Å²) in [6.07, 6.45) is 0. The summed E-state index contributed by atoms with van der Waals surface area (Å²) in [7, 11) is 0. The van der Waals surface area contributed by atoms with Gasteiger partial charge in [0.2, 0.25) is 0 Å². The van der Waals surface area contributed by atoms with E-state index >= 15 is 0 Å². The molecule has 0 unspecified atom stereocenters. The molecule has 3 N–H and O–H groups in total. The van der Waals surface area contributed by atoms with Gasteiger partial charge in [-0.05, 0) is 6.07 Å². The van der Waals surface area contributed by atoms with Crippen LogP contribution in [0.1, 0.15) is 5.56 Å². The highest BCUT2D eigenvalue weighted by Crippen LogP contribution is 2.21. The highest BCUT2D eigenvalue weighted by Gasteiger charge is 2.10. The smallest absolute Gasteiger partial charge is 0.149 e. The molecular formula is C7H7ClF2N2. The van der Waals surface area contributed by atoms with Crippen molar-refractivity contribution in [3.05, 3.63) is 34.4 Å². The molecule has 0 atom stereocenters. The summed E-state index contributed by atoms with van der Waals surface area (Å²) in [6.45, 7) is 0.117. The van der Waals surface area contributed by atoms with Crippen LogP contribution < -0.4 is 11.3 Å². The van der Waals surface area contributed by atoms with Crippen molar-refractivity contribution in [3.8, 4) is 0 Å². The Morgan fingerprint density at radius 2 is 2.08 bits per heavy atom. The molecule has 1 rings (SSSR count). The predicted molar refractivity (Wildman–Crippen MR) is 42.4 cm³/mol. The van der Waals surface area contributed by atoms with Gasteiger partial charge < -0.3 is 0 Å². The monoisotopic (exact) mass is 192 g/mol. The minimum Gasteiger partial charge on any atom is -0.271 e. The number of hydrazine groups is 1. The fourth-order valence-corrected chi connectivity index (χ4v) is 0.997. The third kappa shape index (κ3) is 1.72. The van der Waals surface area contributed by atoms with E-state index in [9.17, 15) is 8.78 Å². The lowest BCUT2D eigenvalue weighted by Gasteiger charge is -2.03. The maximum absolute atomic E-state index is 13.0. The number of halogens is 3. The first-order valence-corrected chi connectivity index (χ1v) is 3.60. The fraction of sp³-hybridized carbons (Fsp3) is 0.143. The van der Waals surface area contributed by atoms with Gasteiger partial charge in [-0.15, -0.1) is 0 Å². The molecular weight excluding hydrogens is 186 g/mol. The van der Waals surface area contributed by atoms with E-state index in [1.807, 2.05) is 0 Å². The van der Waals surface area contributed by atoms with Gasteiger partial charge >= 0.3 is 0 Å². The summed E-state index contributed by atoms with van der Waals surface area (Å²) in [4.78, 5) is 0. The summed E-state index contributed by atoms with van der Waals surface area (Å²) in [5.41, 5.74) is 2.49. The average Bonchev–Trinajstić information content (AvgIpc) is 2.07. The zero-order chi connectivity index (χ0) is 9.14. The van der Waals surface area contributed by atoms with Crippen LogP contribution in [0.4, 0.5) is 8.78 Å². The van der Waals surface area contributed by atoms with Crippen LogP contribution in [0, 0.1) is 11.6 Å². The first-order valence-electron chi connectivity index (χ1n) is 3.22. The van der Waals surface area contributed by atoms with E-state index in [2.05, 4.69) is 5.43 Å². The summed E-state index contributed by atoms with van der Waals surface area (Å²) in [5, 5.41) is -0.497. The van der Waals surface area contributed by atoms with Crippen LogP contribution >= 0.6 is 11.6 Å². The van der Waals surface area contributed by atoms with E-state index in [0.717, 1.165) is 6.07 Å². The van der Waals surface area contributed by atoms with Crippen molar-refractivity contribution in [2.24, 2.45) is 5.84 Å². The molecule has 1 aromatic rings. The van der Waals surface area contributed by atoms with Crippen LogP contribution in [0.2, 0.25) is 5.02 Å². The van der Waals surface area contributed by atoms with Crippen LogP contribution in [0.5, 0.6) is 0 Å². The summed E-state index contributed by atoms with van der Waals surface area (Å²) < 4.78 is 25.6. The second-order valence-electron chi connectivity index (χ2n) is 2.22. The zero-order valence-electron chi connectivity index (χ0n) is 6.07. The van der Waals surface area contributed by atoms with E-state index in [-0.39, 0.29) is 12.1 Å². The molecule has 2 nitrogen and oxygen atoms in total. The molecule has 0 radical (unpaired) electrons. The van der Waals surface area contributed by atoms with Crippen molar-refractivity contribution in [1.29, 1.82) is 0 Å². The Bertz CT molecular complexity index is 291. The van der Waals surface area contributed by atoms with Crippen LogP contribution in [-0.2, 0) is 6.54 Å². The van der Waals surface area contributed by atoms with Crippen molar-refractivity contribution in [2.75, 3.05) is 0 Å². The SMILES string of the molecule is NNCc1ccc(F)c(Cl)c1F. The van der Waals surface area contributed by atoms with Gasteiger partial charge in [0.05, 0.1) is 0 Å². The number of benzene rings is 1. The number of nitrogens with two attached hydrogens (primary N) is 1. The Hall–Kier alpha value is -0.710. The maximum Gasteiger partial charge on any atom is 0.149 e. The second-order valence-corrected chi connectivity index (χ2v) is 2.59. The fourth-order valence-electron chi connectivity index (χ4n) is 0.812. The molecule has 0 bridgehead atoms. The minimum atomic E-state index is -0.769. The van der Waals surface area contributed by atoms with E-state index < -0.39 is 16.7 Å². The first-order chi connectivity index (χ1) is 5.66. The summed E-state index contributed by atoms with van der Waals surface area (Å²) in [5.74, 6) is 3.43. The highest BCUT2D eigenvalue weighted by atomic mass is 35.5. The van der Waals surface area contributed by atoms with Gasteiger partial charge in [-0.3, -0.25) is 11.3 Å². The van der Waals surface area contributed by atoms with Crippen molar-refractivity contribution in [3.63, 3.8) is 0 Å². The predicted octanol–water partition coefficient (Wildman–Crippen LogP) is 1.58. The van der Waals surface area contributed by atoms with Crippen molar-refractivity contribution >= 4 is 11.6 Å². The van der Waals surface area contributed by atoms with E-state index in [1.54, 1.807) is 0 Å². The van der Waals surface area contributed by atoms with E-state index in [4.69, 9.17) is 17.4 Å². The van der Waals surface area contributed by atoms with Crippen molar-refractivity contribution < 1.29 is 8.78 Å². The van der Waals surface area contributed by atoms with Crippen LogP contribution in [0.3, 0.4) is 0 Å². The molecule has 0 saturated carbocycles. The molecule has 0 aromatic heterocycles. The summed E-state index contributed by atoms with van der Waals surface area (Å²) >= 11 is 5.30. The minimum absolute atomic E-state index is 0.117. The van der Waals surface area contributed by atoms with Gasteiger partial charge in [0.15, 0.2) is 0 Å². The van der Waals surface area contributed by atoms with Gasteiger partial charge in [0, 0.05) is 12.1 Å². The molecule has 0 fully saturated rings. The number of nitrogens with one attached hydrogen (secondary N) is 1. The third-order valence-electron chi connectivity index (χ3n) is 1.41. The number of rotatable bonds is 2. The number of hydrogen-bond acceptors (Lipinski definition) is 2. The normalized spacial score (nSPS) is 10.3. The molecule has 0 aliphatic carbocycles. The standard InChI is InChI=1S/C7H7ClF2N2/c8-6-5(9)2-1-4(3-12-11)7(6)10/h1-2,12H,3,11H2. The van der Waals surface area contributed by atoms with Crippen molar-refractivity contribution in [2.45, 2.75) is 6.54 Å². The van der Waals surface area contributed by atoms with E-state index in [0.29, 0.717) is 0 Å². The van der Waals surface area contributed by atoms with Gasteiger partial charge in [-0.1, -0.05) is 17.7 Å². The molecule has 0 heterocycles. The topological polar surface area (TPSA) is 38.0 Å². The zero-order valence-corrected chi connectivity index (χ0v) is 6.83.